The summed E-state index contributed by atoms with van der Waals surface area (Å²) >= 11 is 0. The standard InChI is InChI=1S/C11H21N3O/c1-9(8-12)13-7-6-11(15)14(13)10-4-2-3-5-10/h9-10H,2-8,12H2,1H3. The normalized spacial score (nSPS) is 26.5. The molecule has 2 rings (SSSR count). The molecule has 0 aromatic carbocycles. The summed E-state index contributed by atoms with van der Waals surface area (Å²) in [6.07, 6.45) is 5.53. The molecule has 0 spiro atoms. The maximum Gasteiger partial charge on any atom is 0.238 e. The highest BCUT2D eigenvalue weighted by Crippen LogP contribution is 2.29. The average Bonchev–Trinajstić information content (AvgIpc) is 2.85. The molecule has 1 aliphatic carbocycles. The molecule has 1 unspecified atom stereocenters. The molecule has 1 saturated heterocycles. The molecular weight excluding hydrogens is 190 g/mol. The average molecular weight is 211 g/mol. The summed E-state index contributed by atoms with van der Waals surface area (Å²) in [5.74, 6) is 0.294. The Morgan fingerprint density at radius 3 is 2.73 bits per heavy atom. The predicted molar refractivity (Wildman–Crippen MR) is 58.9 cm³/mol. The number of hydrazine groups is 1. The number of nitrogens with zero attached hydrogens (tertiary/aromatic N) is 2. The van der Waals surface area contributed by atoms with E-state index in [1.807, 2.05) is 5.01 Å². The quantitative estimate of drug-likeness (QED) is 0.748. The SMILES string of the molecule is CC(CN)N1CCC(=O)N1C1CCCC1. The molecule has 2 N–H and O–H groups in total. The van der Waals surface area contributed by atoms with Gasteiger partial charge in [0, 0.05) is 31.6 Å². The summed E-state index contributed by atoms with van der Waals surface area (Å²) in [6.45, 7) is 3.57. The highest BCUT2D eigenvalue weighted by atomic mass is 16.2. The summed E-state index contributed by atoms with van der Waals surface area (Å²) in [5, 5.41) is 4.18. The summed E-state index contributed by atoms with van der Waals surface area (Å²) in [5.41, 5.74) is 5.68. The molecule has 4 heteroatoms. The third kappa shape index (κ3) is 2.01. The highest BCUT2D eigenvalue weighted by Gasteiger charge is 2.37. The van der Waals surface area contributed by atoms with Crippen molar-refractivity contribution in [2.75, 3.05) is 13.1 Å². The van der Waals surface area contributed by atoms with E-state index in [0.717, 1.165) is 6.54 Å². The fourth-order valence-corrected chi connectivity index (χ4v) is 2.69. The van der Waals surface area contributed by atoms with E-state index in [1.54, 1.807) is 0 Å². The van der Waals surface area contributed by atoms with Crippen molar-refractivity contribution in [3.05, 3.63) is 0 Å². The van der Waals surface area contributed by atoms with E-state index in [0.29, 0.717) is 24.9 Å². The Balaban J connectivity index is 2.07. The van der Waals surface area contributed by atoms with Gasteiger partial charge in [0.05, 0.1) is 0 Å². The Morgan fingerprint density at radius 2 is 2.13 bits per heavy atom. The fraction of sp³-hybridized carbons (Fsp3) is 0.909. The first kappa shape index (κ1) is 10.9. The van der Waals surface area contributed by atoms with Gasteiger partial charge in [-0.25, -0.2) is 5.01 Å². The first-order chi connectivity index (χ1) is 7.24. The number of nitrogens with two attached hydrogens (primary N) is 1. The van der Waals surface area contributed by atoms with E-state index >= 15 is 0 Å². The van der Waals surface area contributed by atoms with Crippen LogP contribution < -0.4 is 5.73 Å². The van der Waals surface area contributed by atoms with Gasteiger partial charge in [0.15, 0.2) is 0 Å². The molecule has 86 valence electrons. The van der Waals surface area contributed by atoms with Gasteiger partial charge in [0.25, 0.3) is 0 Å². The largest absolute Gasteiger partial charge is 0.329 e. The van der Waals surface area contributed by atoms with Crippen molar-refractivity contribution in [3.63, 3.8) is 0 Å². The van der Waals surface area contributed by atoms with Crippen LogP contribution in [0, 0.1) is 0 Å². The fourth-order valence-electron chi connectivity index (χ4n) is 2.69. The van der Waals surface area contributed by atoms with Crippen LogP contribution in [-0.4, -0.2) is 41.1 Å². The van der Waals surface area contributed by atoms with Gasteiger partial charge in [-0.3, -0.25) is 9.80 Å². The van der Waals surface area contributed by atoms with Gasteiger partial charge in [-0.15, -0.1) is 0 Å². The van der Waals surface area contributed by atoms with E-state index < -0.39 is 0 Å². The number of hydrogen-bond donors (Lipinski definition) is 1. The summed E-state index contributed by atoms with van der Waals surface area (Å²) in [6, 6.07) is 0.742. The third-order valence-corrected chi connectivity index (χ3v) is 3.61. The van der Waals surface area contributed by atoms with Gasteiger partial charge in [0.1, 0.15) is 0 Å². The molecule has 0 aromatic rings. The van der Waals surface area contributed by atoms with Gasteiger partial charge < -0.3 is 5.73 Å². The first-order valence-corrected chi connectivity index (χ1v) is 6.02. The predicted octanol–water partition coefficient (Wildman–Crippen LogP) is 0.725. The lowest BCUT2D eigenvalue weighted by molar-refractivity contribution is -0.145. The number of hydrogen-bond acceptors (Lipinski definition) is 3. The molecule has 0 aromatic heterocycles. The van der Waals surface area contributed by atoms with E-state index in [-0.39, 0.29) is 6.04 Å². The lowest BCUT2D eigenvalue weighted by atomic mass is 10.2. The van der Waals surface area contributed by atoms with Crippen LogP contribution in [0.15, 0.2) is 0 Å². The van der Waals surface area contributed by atoms with Gasteiger partial charge >= 0.3 is 0 Å². The molecule has 1 heterocycles. The van der Waals surface area contributed by atoms with Crippen LogP contribution in [0.3, 0.4) is 0 Å². The molecular formula is C11H21N3O. The molecule has 2 aliphatic rings. The van der Waals surface area contributed by atoms with Crippen molar-refractivity contribution in [1.82, 2.24) is 10.0 Å². The van der Waals surface area contributed by atoms with Crippen LogP contribution in [-0.2, 0) is 4.79 Å². The number of carbonyl (C=O) groups is 1. The zero-order valence-electron chi connectivity index (χ0n) is 9.48. The minimum atomic E-state index is 0.289. The van der Waals surface area contributed by atoms with Crippen LogP contribution >= 0.6 is 0 Å². The number of carbonyl (C=O) groups excluding carboxylic acids is 1. The van der Waals surface area contributed by atoms with Crippen molar-refractivity contribution in [2.45, 2.75) is 51.1 Å². The van der Waals surface area contributed by atoms with E-state index in [9.17, 15) is 4.79 Å². The van der Waals surface area contributed by atoms with E-state index in [4.69, 9.17) is 5.73 Å². The lowest BCUT2D eigenvalue weighted by Gasteiger charge is -2.36. The molecule has 1 atom stereocenters. The Labute approximate surface area is 91.4 Å². The summed E-state index contributed by atoms with van der Waals surface area (Å²) in [7, 11) is 0. The maximum atomic E-state index is 11.8. The molecule has 15 heavy (non-hydrogen) atoms. The monoisotopic (exact) mass is 211 g/mol. The van der Waals surface area contributed by atoms with Gasteiger partial charge in [-0.1, -0.05) is 12.8 Å². The van der Waals surface area contributed by atoms with Crippen molar-refractivity contribution >= 4 is 5.91 Å². The zero-order valence-corrected chi connectivity index (χ0v) is 9.48. The second kappa shape index (κ2) is 4.49. The maximum absolute atomic E-state index is 11.8. The number of amides is 1. The van der Waals surface area contributed by atoms with Crippen molar-refractivity contribution in [2.24, 2.45) is 5.73 Å². The van der Waals surface area contributed by atoms with E-state index in [2.05, 4.69) is 11.9 Å². The Kier molecular flexibility index (Phi) is 3.26. The lowest BCUT2D eigenvalue weighted by Crippen LogP contribution is -2.51. The van der Waals surface area contributed by atoms with Crippen LogP contribution in [0.1, 0.15) is 39.0 Å². The van der Waals surface area contributed by atoms with Gasteiger partial charge in [0.2, 0.25) is 5.91 Å². The molecule has 1 saturated carbocycles. The second-order valence-corrected chi connectivity index (χ2v) is 4.67. The van der Waals surface area contributed by atoms with Crippen molar-refractivity contribution in [3.8, 4) is 0 Å². The molecule has 1 amide bonds. The van der Waals surface area contributed by atoms with Crippen LogP contribution in [0.5, 0.6) is 0 Å². The summed E-state index contributed by atoms with van der Waals surface area (Å²) < 4.78 is 0. The Bertz CT molecular complexity index is 238. The van der Waals surface area contributed by atoms with E-state index in [1.165, 1.54) is 25.7 Å². The molecule has 0 radical (unpaired) electrons. The Hall–Kier alpha value is -0.610. The second-order valence-electron chi connectivity index (χ2n) is 4.67. The molecule has 0 bridgehead atoms. The van der Waals surface area contributed by atoms with Crippen molar-refractivity contribution < 1.29 is 4.79 Å². The minimum Gasteiger partial charge on any atom is -0.329 e. The van der Waals surface area contributed by atoms with Crippen molar-refractivity contribution in [1.29, 1.82) is 0 Å². The molecule has 2 fully saturated rings. The Morgan fingerprint density at radius 1 is 1.47 bits per heavy atom. The van der Waals surface area contributed by atoms with Crippen LogP contribution in [0.25, 0.3) is 0 Å². The van der Waals surface area contributed by atoms with Crippen LogP contribution in [0.2, 0.25) is 0 Å². The third-order valence-electron chi connectivity index (χ3n) is 3.61. The minimum absolute atomic E-state index is 0.289. The van der Waals surface area contributed by atoms with Gasteiger partial charge in [-0.05, 0) is 19.8 Å². The highest BCUT2D eigenvalue weighted by molar-refractivity contribution is 5.78. The molecule has 1 aliphatic heterocycles. The van der Waals surface area contributed by atoms with Crippen LogP contribution in [0.4, 0.5) is 0 Å². The topological polar surface area (TPSA) is 49.6 Å². The zero-order chi connectivity index (χ0) is 10.8. The smallest absolute Gasteiger partial charge is 0.238 e. The van der Waals surface area contributed by atoms with Gasteiger partial charge in [-0.2, -0.15) is 0 Å². The summed E-state index contributed by atoms with van der Waals surface area (Å²) in [4.78, 5) is 11.8. The first-order valence-electron chi connectivity index (χ1n) is 6.02. The number of rotatable bonds is 3. The molecule has 4 nitrogen and oxygen atoms in total.